The fourth-order valence-electron chi connectivity index (χ4n) is 2.68. The molecule has 0 spiro atoms. The van der Waals surface area contributed by atoms with E-state index in [1.54, 1.807) is 32.0 Å². The molecule has 1 aliphatic rings. The SMILES string of the molecule is CCOC(=O)C1=C(COC(=O)c2cc3ccccc3o2)NC(=O)NC1C. The number of fused-ring (bicyclic) bond motifs is 1. The van der Waals surface area contributed by atoms with E-state index in [1.807, 2.05) is 12.1 Å². The molecule has 1 aromatic carbocycles. The zero-order valence-corrected chi connectivity index (χ0v) is 14.3. The molecule has 8 nitrogen and oxygen atoms in total. The molecule has 2 amide bonds. The molecule has 0 saturated carbocycles. The van der Waals surface area contributed by atoms with Crippen molar-refractivity contribution in [3.63, 3.8) is 0 Å². The molecule has 136 valence electrons. The molecule has 0 aliphatic carbocycles. The van der Waals surface area contributed by atoms with Crippen molar-refractivity contribution >= 4 is 28.9 Å². The van der Waals surface area contributed by atoms with Gasteiger partial charge in [0.05, 0.1) is 23.9 Å². The summed E-state index contributed by atoms with van der Waals surface area (Å²) in [5.41, 5.74) is 0.961. The summed E-state index contributed by atoms with van der Waals surface area (Å²) in [7, 11) is 0. The molecular weight excluding hydrogens is 340 g/mol. The maximum absolute atomic E-state index is 12.2. The number of para-hydroxylation sites is 1. The largest absolute Gasteiger partial charge is 0.463 e. The lowest BCUT2D eigenvalue weighted by Gasteiger charge is -2.26. The van der Waals surface area contributed by atoms with Crippen LogP contribution in [0.5, 0.6) is 0 Å². The third-order valence-electron chi connectivity index (χ3n) is 3.84. The number of benzene rings is 1. The van der Waals surface area contributed by atoms with Crippen LogP contribution in [-0.4, -0.2) is 37.2 Å². The highest BCUT2D eigenvalue weighted by atomic mass is 16.5. The molecule has 0 fully saturated rings. The number of furan rings is 1. The lowest BCUT2D eigenvalue weighted by atomic mass is 10.0. The van der Waals surface area contributed by atoms with Gasteiger partial charge in [-0.25, -0.2) is 14.4 Å². The van der Waals surface area contributed by atoms with Gasteiger partial charge in [0.15, 0.2) is 0 Å². The minimum Gasteiger partial charge on any atom is -0.463 e. The van der Waals surface area contributed by atoms with Crippen LogP contribution < -0.4 is 10.6 Å². The average Bonchev–Trinajstić information content (AvgIpc) is 3.03. The standard InChI is InChI=1S/C18H18N2O6/c1-3-24-17(22)15-10(2)19-18(23)20-12(15)9-25-16(21)14-8-11-6-4-5-7-13(11)26-14/h4-8,10H,3,9H2,1-2H3,(H2,19,20,23). The lowest BCUT2D eigenvalue weighted by Crippen LogP contribution is -2.50. The normalized spacial score (nSPS) is 16.8. The van der Waals surface area contributed by atoms with Crippen molar-refractivity contribution in [2.24, 2.45) is 0 Å². The van der Waals surface area contributed by atoms with E-state index in [0.717, 1.165) is 5.39 Å². The summed E-state index contributed by atoms with van der Waals surface area (Å²) in [5, 5.41) is 5.83. The topological polar surface area (TPSA) is 107 Å². The van der Waals surface area contributed by atoms with Crippen LogP contribution in [0.1, 0.15) is 24.4 Å². The number of nitrogens with one attached hydrogen (secondary N) is 2. The van der Waals surface area contributed by atoms with Gasteiger partial charge >= 0.3 is 18.0 Å². The average molecular weight is 358 g/mol. The second kappa shape index (κ2) is 7.30. The third kappa shape index (κ3) is 3.53. The summed E-state index contributed by atoms with van der Waals surface area (Å²) < 4.78 is 15.7. The van der Waals surface area contributed by atoms with E-state index in [9.17, 15) is 14.4 Å². The van der Waals surface area contributed by atoms with Crippen molar-refractivity contribution in [2.45, 2.75) is 19.9 Å². The number of esters is 2. The minimum atomic E-state index is -0.697. The zero-order chi connectivity index (χ0) is 18.7. The van der Waals surface area contributed by atoms with Gasteiger partial charge in [0, 0.05) is 5.39 Å². The van der Waals surface area contributed by atoms with E-state index < -0.39 is 24.0 Å². The fourth-order valence-corrected chi connectivity index (χ4v) is 2.68. The zero-order valence-electron chi connectivity index (χ0n) is 14.3. The van der Waals surface area contributed by atoms with Crippen LogP contribution in [-0.2, 0) is 14.3 Å². The maximum Gasteiger partial charge on any atom is 0.374 e. The molecule has 0 saturated heterocycles. The number of rotatable bonds is 5. The van der Waals surface area contributed by atoms with E-state index in [-0.39, 0.29) is 30.2 Å². The molecule has 2 aromatic rings. The predicted octanol–water partition coefficient (Wildman–Crippen LogP) is 2.11. The van der Waals surface area contributed by atoms with Gasteiger partial charge in [0.1, 0.15) is 12.2 Å². The van der Waals surface area contributed by atoms with Gasteiger partial charge in [0.2, 0.25) is 5.76 Å². The Labute approximate surface area is 149 Å². The van der Waals surface area contributed by atoms with Crippen LogP contribution in [0.4, 0.5) is 4.79 Å². The predicted molar refractivity (Wildman–Crippen MR) is 91.3 cm³/mol. The first-order valence-electron chi connectivity index (χ1n) is 8.13. The maximum atomic E-state index is 12.2. The highest BCUT2D eigenvalue weighted by Crippen LogP contribution is 2.20. The molecular formula is C18H18N2O6. The number of hydrogen-bond donors (Lipinski definition) is 2. The Bertz CT molecular complexity index is 865. The van der Waals surface area contributed by atoms with Crippen LogP contribution >= 0.6 is 0 Å². The second-order valence-corrected chi connectivity index (χ2v) is 5.66. The highest BCUT2D eigenvalue weighted by Gasteiger charge is 2.30. The number of carbonyl (C=O) groups excluding carboxylic acids is 3. The monoisotopic (exact) mass is 358 g/mol. The lowest BCUT2D eigenvalue weighted by molar-refractivity contribution is -0.139. The molecule has 2 N–H and O–H groups in total. The number of hydrogen-bond acceptors (Lipinski definition) is 6. The Morgan fingerprint density at radius 2 is 1.96 bits per heavy atom. The van der Waals surface area contributed by atoms with Crippen LogP contribution in [0.3, 0.4) is 0 Å². The van der Waals surface area contributed by atoms with E-state index >= 15 is 0 Å². The molecule has 1 unspecified atom stereocenters. The van der Waals surface area contributed by atoms with Crippen molar-refractivity contribution in [1.82, 2.24) is 10.6 Å². The Kier molecular flexibility index (Phi) is 4.92. The van der Waals surface area contributed by atoms with E-state index in [4.69, 9.17) is 13.9 Å². The summed E-state index contributed by atoms with van der Waals surface area (Å²) in [6.45, 7) is 3.22. The Hall–Kier alpha value is -3.29. The first-order chi connectivity index (χ1) is 12.5. The van der Waals surface area contributed by atoms with E-state index in [1.165, 1.54) is 0 Å². The molecule has 26 heavy (non-hydrogen) atoms. The number of carbonyl (C=O) groups is 3. The quantitative estimate of drug-likeness (QED) is 0.793. The van der Waals surface area contributed by atoms with Gasteiger partial charge in [-0.3, -0.25) is 0 Å². The van der Waals surface area contributed by atoms with Crippen molar-refractivity contribution < 1.29 is 28.3 Å². The minimum absolute atomic E-state index is 0.0396. The van der Waals surface area contributed by atoms with Gasteiger partial charge in [0.25, 0.3) is 0 Å². The Balaban J connectivity index is 1.78. The summed E-state index contributed by atoms with van der Waals surface area (Å²) in [6, 6.07) is 7.69. The summed E-state index contributed by atoms with van der Waals surface area (Å²) in [4.78, 5) is 36.0. The highest BCUT2D eigenvalue weighted by molar-refractivity contribution is 5.95. The Morgan fingerprint density at radius 1 is 1.19 bits per heavy atom. The number of urea groups is 1. The molecule has 1 aromatic heterocycles. The summed E-state index contributed by atoms with van der Waals surface area (Å²) in [5.74, 6) is -1.24. The van der Waals surface area contributed by atoms with Crippen molar-refractivity contribution in [1.29, 1.82) is 0 Å². The van der Waals surface area contributed by atoms with Crippen LogP contribution in [0.25, 0.3) is 11.0 Å². The van der Waals surface area contributed by atoms with E-state index in [0.29, 0.717) is 5.58 Å². The van der Waals surface area contributed by atoms with Crippen molar-refractivity contribution in [3.8, 4) is 0 Å². The molecule has 3 rings (SSSR count). The van der Waals surface area contributed by atoms with Gasteiger partial charge in [-0.1, -0.05) is 18.2 Å². The smallest absolute Gasteiger partial charge is 0.374 e. The molecule has 1 atom stereocenters. The van der Waals surface area contributed by atoms with Gasteiger partial charge in [-0.05, 0) is 26.0 Å². The molecule has 0 radical (unpaired) electrons. The first kappa shape index (κ1) is 17.5. The van der Waals surface area contributed by atoms with Crippen LogP contribution in [0.15, 0.2) is 46.0 Å². The molecule has 8 heteroatoms. The van der Waals surface area contributed by atoms with Gasteiger partial charge < -0.3 is 24.5 Å². The van der Waals surface area contributed by atoms with Crippen molar-refractivity contribution in [3.05, 3.63) is 47.4 Å². The fraction of sp³-hybridized carbons (Fsp3) is 0.278. The first-order valence-corrected chi connectivity index (χ1v) is 8.13. The summed E-state index contributed by atoms with van der Waals surface area (Å²) in [6.07, 6.45) is 0. The van der Waals surface area contributed by atoms with Crippen molar-refractivity contribution in [2.75, 3.05) is 13.2 Å². The molecule has 1 aliphatic heterocycles. The third-order valence-corrected chi connectivity index (χ3v) is 3.84. The van der Waals surface area contributed by atoms with Gasteiger partial charge in [-0.2, -0.15) is 0 Å². The second-order valence-electron chi connectivity index (χ2n) is 5.66. The molecule has 0 bridgehead atoms. The van der Waals surface area contributed by atoms with Gasteiger partial charge in [-0.15, -0.1) is 0 Å². The molecule has 2 heterocycles. The summed E-state index contributed by atoms with van der Waals surface area (Å²) >= 11 is 0. The van der Waals surface area contributed by atoms with Crippen LogP contribution in [0.2, 0.25) is 0 Å². The van der Waals surface area contributed by atoms with E-state index in [2.05, 4.69) is 10.6 Å². The Morgan fingerprint density at radius 3 is 2.69 bits per heavy atom. The van der Waals surface area contributed by atoms with Crippen LogP contribution in [0, 0.1) is 0 Å². The number of amides is 2. The number of ether oxygens (including phenoxy) is 2.